The van der Waals surface area contributed by atoms with Crippen molar-refractivity contribution in [2.75, 3.05) is 37.0 Å². The molecule has 7 nitrogen and oxygen atoms in total. The molecule has 1 aromatic rings. The molecular weight excluding hydrogens is 362 g/mol. The lowest BCUT2D eigenvalue weighted by Gasteiger charge is -2.31. The first-order valence-corrected chi connectivity index (χ1v) is 11.7. The first-order valence-electron chi connectivity index (χ1n) is 9.61. The number of guanidine groups is 1. The van der Waals surface area contributed by atoms with E-state index in [-0.39, 0.29) is 11.8 Å². The van der Waals surface area contributed by atoms with Crippen LogP contribution in [0.2, 0.25) is 0 Å². The Morgan fingerprint density at radius 1 is 1.37 bits per heavy atom. The zero-order valence-corrected chi connectivity index (χ0v) is 17.7. The van der Waals surface area contributed by atoms with Gasteiger partial charge in [0.25, 0.3) is 0 Å². The molecule has 0 aromatic carbocycles. The molecule has 2 heterocycles. The van der Waals surface area contributed by atoms with Crippen LogP contribution < -0.4 is 15.5 Å². The summed E-state index contributed by atoms with van der Waals surface area (Å²) in [5, 5.41) is 6.48. The monoisotopic (exact) mass is 395 g/mol. The van der Waals surface area contributed by atoms with E-state index in [1.54, 1.807) is 7.05 Å². The van der Waals surface area contributed by atoms with Crippen molar-refractivity contribution in [3.8, 4) is 0 Å². The van der Waals surface area contributed by atoms with Gasteiger partial charge in [-0.15, -0.1) is 0 Å². The molecule has 1 aliphatic rings. The normalized spacial score (nSPS) is 17.6. The lowest BCUT2D eigenvalue weighted by Crippen LogP contribution is -2.42. The van der Waals surface area contributed by atoms with E-state index in [4.69, 9.17) is 0 Å². The minimum absolute atomic E-state index is 0.0212. The molecule has 0 radical (unpaired) electrons. The highest BCUT2D eigenvalue weighted by molar-refractivity contribution is 7.90. The quantitative estimate of drug-likeness (QED) is 0.541. The molecule has 1 atom stereocenters. The Hall–Kier alpha value is -1.83. The molecule has 2 rings (SSSR count). The molecule has 1 aromatic heterocycles. The fourth-order valence-corrected chi connectivity index (χ4v) is 3.80. The summed E-state index contributed by atoms with van der Waals surface area (Å²) in [6.45, 7) is 7.03. The van der Waals surface area contributed by atoms with Crippen LogP contribution in [-0.2, 0) is 16.4 Å². The number of hydrogen-bond acceptors (Lipinski definition) is 5. The van der Waals surface area contributed by atoms with Crippen LogP contribution in [0.25, 0.3) is 0 Å². The summed E-state index contributed by atoms with van der Waals surface area (Å²) >= 11 is 0. The highest BCUT2D eigenvalue weighted by Gasteiger charge is 2.16. The number of aromatic nitrogens is 1. The third kappa shape index (κ3) is 7.74. The molecule has 27 heavy (non-hydrogen) atoms. The minimum atomic E-state index is -2.95. The molecule has 8 heteroatoms. The van der Waals surface area contributed by atoms with Gasteiger partial charge in [0.15, 0.2) is 5.96 Å². The third-order valence-corrected chi connectivity index (χ3v) is 5.88. The third-order valence-electron chi connectivity index (χ3n) is 4.91. The van der Waals surface area contributed by atoms with Gasteiger partial charge < -0.3 is 15.5 Å². The molecule has 2 N–H and O–H groups in total. The second-order valence-electron chi connectivity index (χ2n) is 7.58. The Bertz CT molecular complexity index is 710. The van der Waals surface area contributed by atoms with Crippen LogP contribution in [0.1, 0.15) is 38.7 Å². The number of aliphatic imine (C=N–C) groups is 1. The minimum Gasteiger partial charge on any atom is -0.357 e. The van der Waals surface area contributed by atoms with Crippen LogP contribution in [-0.4, -0.2) is 57.5 Å². The molecule has 1 fully saturated rings. The average Bonchev–Trinajstić information content (AvgIpc) is 2.64. The zero-order valence-electron chi connectivity index (χ0n) is 16.9. The second-order valence-corrected chi connectivity index (χ2v) is 9.84. The summed E-state index contributed by atoms with van der Waals surface area (Å²) in [5.74, 6) is 2.68. The van der Waals surface area contributed by atoms with Crippen molar-refractivity contribution in [3.05, 3.63) is 23.9 Å². The fourth-order valence-electron chi connectivity index (χ4n) is 3.02. The van der Waals surface area contributed by atoms with Crippen LogP contribution in [0.4, 0.5) is 5.82 Å². The molecule has 152 valence electrons. The predicted molar refractivity (Wildman–Crippen MR) is 112 cm³/mol. The van der Waals surface area contributed by atoms with E-state index in [0.29, 0.717) is 18.9 Å². The highest BCUT2D eigenvalue weighted by Crippen LogP contribution is 2.21. The Morgan fingerprint density at radius 2 is 2.07 bits per heavy atom. The highest BCUT2D eigenvalue weighted by atomic mass is 32.2. The first-order chi connectivity index (χ1) is 12.8. The van der Waals surface area contributed by atoms with E-state index in [9.17, 15) is 8.42 Å². The molecule has 0 amide bonds. The van der Waals surface area contributed by atoms with Crippen LogP contribution in [0.15, 0.2) is 23.3 Å². The maximum Gasteiger partial charge on any atom is 0.191 e. The van der Waals surface area contributed by atoms with Crippen molar-refractivity contribution >= 4 is 21.6 Å². The predicted octanol–water partition coefficient (Wildman–Crippen LogP) is 1.81. The van der Waals surface area contributed by atoms with Crippen molar-refractivity contribution in [2.24, 2.45) is 10.9 Å². The summed E-state index contributed by atoms with van der Waals surface area (Å²) in [5.41, 5.74) is 1.08. The summed E-state index contributed by atoms with van der Waals surface area (Å²) in [6, 6.07) is 4.19. The largest absolute Gasteiger partial charge is 0.357 e. The maximum atomic E-state index is 11.3. The number of sulfone groups is 1. The van der Waals surface area contributed by atoms with E-state index in [1.165, 1.54) is 19.1 Å². The number of piperidine rings is 1. The van der Waals surface area contributed by atoms with Crippen molar-refractivity contribution in [3.63, 3.8) is 0 Å². The number of hydrogen-bond donors (Lipinski definition) is 2. The second kappa shape index (κ2) is 9.92. The van der Waals surface area contributed by atoms with Gasteiger partial charge in [-0.3, -0.25) is 4.99 Å². The lowest BCUT2D eigenvalue weighted by molar-refractivity contribution is 0.436. The van der Waals surface area contributed by atoms with Gasteiger partial charge in [0, 0.05) is 45.2 Å². The standard InChI is InChI=1S/C19H33N5O2S/c1-15-7-10-24(11-8-15)18-6-5-17(13-21-18)14-22-19(20-3)23-16(2)9-12-27(4,25)26/h5-6,13,15-16H,7-12,14H2,1-4H3,(H2,20,22,23). The Kier molecular flexibility index (Phi) is 7.89. The van der Waals surface area contributed by atoms with E-state index in [2.05, 4.69) is 44.6 Å². The smallest absolute Gasteiger partial charge is 0.191 e. The van der Waals surface area contributed by atoms with Gasteiger partial charge in [0.2, 0.25) is 0 Å². The van der Waals surface area contributed by atoms with Crippen LogP contribution in [0.5, 0.6) is 0 Å². The van der Waals surface area contributed by atoms with Crippen molar-refractivity contribution in [2.45, 2.75) is 45.7 Å². The van der Waals surface area contributed by atoms with E-state index in [0.717, 1.165) is 30.4 Å². The zero-order chi connectivity index (χ0) is 19.9. The molecule has 0 aliphatic carbocycles. The van der Waals surface area contributed by atoms with Gasteiger partial charge >= 0.3 is 0 Å². The van der Waals surface area contributed by atoms with Crippen molar-refractivity contribution in [1.82, 2.24) is 15.6 Å². The molecule has 0 spiro atoms. The molecular formula is C19H33N5O2S. The molecule has 1 aliphatic heterocycles. The van der Waals surface area contributed by atoms with Gasteiger partial charge in [-0.05, 0) is 43.7 Å². The summed E-state index contributed by atoms with van der Waals surface area (Å²) in [7, 11) is -1.24. The SMILES string of the molecule is CN=C(NCc1ccc(N2CCC(C)CC2)nc1)NC(C)CCS(C)(=O)=O. The lowest BCUT2D eigenvalue weighted by atomic mass is 9.99. The Balaban J connectivity index is 1.80. The van der Waals surface area contributed by atoms with Crippen LogP contribution >= 0.6 is 0 Å². The number of anilines is 1. The summed E-state index contributed by atoms with van der Waals surface area (Å²) in [4.78, 5) is 11.2. The fraction of sp³-hybridized carbons (Fsp3) is 0.684. The molecule has 1 unspecified atom stereocenters. The van der Waals surface area contributed by atoms with Crippen molar-refractivity contribution in [1.29, 1.82) is 0 Å². The first kappa shape index (κ1) is 21.5. The summed E-state index contributed by atoms with van der Waals surface area (Å²) in [6.07, 6.45) is 6.16. The number of nitrogens with one attached hydrogen (secondary N) is 2. The van der Waals surface area contributed by atoms with Gasteiger partial charge in [0.05, 0.1) is 5.75 Å². The molecule has 0 saturated carbocycles. The Morgan fingerprint density at radius 3 is 2.63 bits per heavy atom. The topological polar surface area (TPSA) is 86.7 Å². The van der Waals surface area contributed by atoms with E-state index >= 15 is 0 Å². The van der Waals surface area contributed by atoms with Gasteiger partial charge in [-0.1, -0.05) is 13.0 Å². The van der Waals surface area contributed by atoms with Crippen LogP contribution in [0.3, 0.4) is 0 Å². The van der Waals surface area contributed by atoms with Gasteiger partial charge in [-0.2, -0.15) is 0 Å². The van der Waals surface area contributed by atoms with Crippen molar-refractivity contribution < 1.29 is 8.42 Å². The molecule has 1 saturated heterocycles. The number of nitrogens with zero attached hydrogens (tertiary/aromatic N) is 3. The molecule has 0 bridgehead atoms. The average molecular weight is 396 g/mol. The van der Waals surface area contributed by atoms with E-state index < -0.39 is 9.84 Å². The Labute approximate surface area is 163 Å². The van der Waals surface area contributed by atoms with Crippen LogP contribution in [0, 0.1) is 5.92 Å². The maximum absolute atomic E-state index is 11.3. The summed E-state index contributed by atoms with van der Waals surface area (Å²) < 4.78 is 22.6. The number of pyridine rings is 1. The number of rotatable bonds is 7. The van der Waals surface area contributed by atoms with Gasteiger partial charge in [-0.25, -0.2) is 13.4 Å². The van der Waals surface area contributed by atoms with Gasteiger partial charge in [0.1, 0.15) is 15.7 Å². The van der Waals surface area contributed by atoms with E-state index in [1.807, 2.05) is 13.1 Å².